The van der Waals surface area contributed by atoms with Crippen molar-refractivity contribution in [2.24, 2.45) is 0 Å². The van der Waals surface area contributed by atoms with Gasteiger partial charge in [-0.1, -0.05) is 153 Å². The average Bonchev–Trinajstić information content (AvgIpc) is 3.92. The van der Waals surface area contributed by atoms with Crippen molar-refractivity contribution in [1.82, 2.24) is 18.9 Å². The van der Waals surface area contributed by atoms with Gasteiger partial charge in [0.05, 0.1) is 16.6 Å². The van der Waals surface area contributed by atoms with E-state index in [0.717, 1.165) is 44.9 Å². The molecule has 11 aromatic rings. The normalized spacial score (nSPS) is 13.5. The van der Waals surface area contributed by atoms with Gasteiger partial charge in [-0.05, 0) is 62.5 Å². The molecule has 0 N–H and O–H groups in total. The third-order valence-corrected chi connectivity index (χ3v) is 17.6. The van der Waals surface area contributed by atoms with E-state index in [1.807, 2.05) is 18.5 Å². The van der Waals surface area contributed by atoms with Gasteiger partial charge in [-0.25, -0.2) is 9.97 Å². The molecule has 0 unspecified atom stereocenters. The van der Waals surface area contributed by atoms with E-state index in [1.54, 1.807) is 0 Å². The molecule has 0 saturated carbocycles. The first kappa shape index (κ1) is 33.8. The van der Waals surface area contributed by atoms with Gasteiger partial charge in [-0.3, -0.25) is 8.97 Å². The molecule has 0 aliphatic carbocycles. The molecule has 0 atom stereocenters. The van der Waals surface area contributed by atoms with Crippen molar-refractivity contribution in [3.8, 4) is 17.3 Å². The molecule has 0 bridgehead atoms. The highest BCUT2D eigenvalue weighted by molar-refractivity contribution is 7.20. The van der Waals surface area contributed by atoms with Crippen LogP contribution >= 0.6 is 0 Å². The second-order valence-corrected chi connectivity index (χ2v) is 19.9. The third-order valence-electron chi connectivity index (χ3n) is 12.8. The van der Waals surface area contributed by atoms with Gasteiger partial charge >= 0.3 is 0 Å². The fourth-order valence-electron chi connectivity index (χ4n) is 10.3. The Balaban J connectivity index is 1.32. The molecule has 7 aromatic carbocycles. The summed E-state index contributed by atoms with van der Waals surface area (Å²) < 4.78 is 12.1. The van der Waals surface area contributed by atoms with Crippen LogP contribution in [0.3, 0.4) is 0 Å². The number of fused-ring (bicyclic) bond motifs is 12. The monoisotopic (exact) mass is 774 g/mol. The van der Waals surface area contributed by atoms with Gasteiger partial charge in [0.1, 0.15) is 23.0 Å². The number of ether oxygens (including phenoxy) is 1. The van der Waals surface area contributed by atoms with Gasteiger partial charge in [-0.2, -0.15) is 0 Å². The van der Waals surface area contributed by atoms with Crippen molar-refractivity contribution >= 4 is 77.9 Å². The minimum Gasteiger partial charge on any atom is -0.457 e. The molecule has 1 aliphatic heterocycles. The lowest BCUT2D eigenvalue weighted by atomic mass is 9.74. The predicted molar refractivity (Wildman–Crippen MR) is 245 cm³/mol. The zero-order valence-electron chi connectivity index (χ0n) is 32.7. The molecule has 12 rings (SSSR count). The number of benzene rings is 7. The molecule has 0 saturated heterocycles. The Morgan fingerprint density at radius 2 is 1.20 bits per heavy atom. The quantitative estimate of drug-likeness (QED) is 0.0994. The molecular weight excluding hydrogens is 737 g/mol. The number of nitrogens with zero attached hydrogens (tertiary/aromatic N) is 4. The van der Waals surface area contributed by atoms with Gasteiger partial charge in [0.2, 0.25) is 0 Å². The van der Waals surface area contributed by atoms with E-state index in [0.29, 0.717) is 0 Å². The number of hydrogen-bond donors (Lipinski definition) is 0. The van der Waals surface area contributed by atoms with Crippen LogP contribution in [0.4, 0.5) is 0 Å². The van der Waals surface area contributed by atoms with E-state index in [1.165, 1.54) is 53.4 Å². The van der Waals surface area contributed by atoms with E-state index in [-0.39, 0.29) is 0 Å². The summed E-state index contributed by atoms with van der Waals surface area (Å²) in [6.07, 6.45) is 5.89. The van der Waals surface area contributed by atoms with E-state index < -0.39 is 13.5 Å². The van der Waals surface area contributed by atoms with Gasteiger partial charge in [0, 0.05) is 56.7 Å². The summed E-state index contributed by atoms with van der Waals surface area (Å²) in [6.45, 7) is 4.74. The molecule has 280 valence electrons. The topological polar surface area (TPSA) is 44.4 Å². The summed E-state index contributed by atoms with van der Waals surface area (Å²) in [5, 5.41) is 10.9. The van der Waals surface area contributed by atoms with Crippen molar-refractivity contribution in [1.29, 1.82) is 0 Å². The van der Waals surface area contributed by atoms with Crippen LogP contribution in [0.25, 0.3) is 54.9 Å². The highest BCUT2D eigenvalue weighted by Crippen LogP contribution is 2.52. The summed E-state index contributed by atoms with van der Waals surface area (Å²) in [5.74, 6) is 2.71. The molecule has 0 radical (unpaired) electrons. The van der Waals surface area contributed by atoms with Crippen LogP contribution in [0.2, 0.25) is 0 Å². The molecule has 0 fully saturated rings. The second kappa shape index (κ2) is 12.6. The summed E-state index contributed by atoms with van der Waals surface area (Å²) in [6, 6.07) is 64.2. The Labute approximate surface area is 342 Å². The Morgan fingerprint density at radius 3 is 1.97 bits per heavy atom. The lowest BCUT2D eigenvalue weighted by Gasteiger charge is -2.41. The second-order valence-electron chi connectivity index (χ2n) is 16.2. The van der Waals surface area contributed by atoms with Crippen LogP contribution in [0, 0.1) is 0 Å². The van der Waals surface area contributed by atoms with E-state index in [4.69, 9.17) is 14.7 Å². The van der Waals surface area contributed by atoms with Crippen molar-refractivity contribution in [2.45, 2.75) is 19.3 Å². The summed E-state index contributed by atoms with van der Waals surface area (Å²) in [5.41, 5.74) is 6.26. The lowest BCUT2D eigenvalue weighted by Crippen LogP contribution is -2.75. The zero-order chi connectivity index (χ0) is 39.3. The SMILES string of the molecule is CC1(C)c2ccccc2Oc2c([Si](c3ccccc3)(c3ccccc3)c3ccc4c5ccccc5n5ccnc5c4c3)cc3c(c21)c1ccccc1n3-c1ccccn1. The van der Waals surface area contributed by atoms with Crippen molar-refractivity contribution in [3.05, 3.63) is 206 Å². The predicted octanol–water partition coefficient (Wildman–Crippen LogP) is 9.94. The van der Waals surface area contributed by atoms with Crippen molar-refractivity contribution in [3.63, 3.8) is 0 Å². The molecule has 5 nitrogen and oxygen atoms in total. The first-order valence-electron chi connectivity index (χ1n) is 20.2. The Hall–Kier alpha value is -7.28. The summed E-state index contributed by atoms with van der Waals surface area (Å²) in [7, 11) is -3.30. The molecule has 6 heteroatoms. The minimum atomic E-state index is -3.30. The van der Waals surface area contributed by atoms with Crippen molar-refractivity contribution in [2.75, 3.05) is 0 Å². The standard InChI is InChI=1S/C53H38N4OSi/c1-53(2)42-23-11-14-26-46(42)58-51-47(34-45-49(50(51)53)40-22-10-13-25-44(40)57(45)48-27-15-16-30-54-48)59(35-17-5-3-6-18-35,36-19-7-4-8-20-36)37-28-29-38-39-21-9-12-24-43(39)56-32-31-55-52(56)41(38)33-37/h3-34H,1-2H3. The maximum atomic E-state index is 7.48. The van der Waals surface area contributed by atoms with Gasteiger partial charge < -0.3 is 4.74 Å². The van der Waals surface area contributed by atoms with Crippen LogP contribution in [-0.2, 0) is 5.41 Å². The summed E-state index contributed by atoms with van der Waals surface area (Å²) >= 11 is 0. The van der Waals surface area contributed by atoms with Crippen LogP contribution in [0.1, 0.15) is 25.0 Å². The minimum absolute atomic E-state index is 0.421. The van der Waals surface area contributed by atoms with Gasteiger partial charge in [0.25, 0.3) is 0 Å². The van der Waals surface area contributed by atoms with Gasteiger partial charge in [0.15, 0.2) is 8.07 Å². The third kappa shape index (κ3) is 4.66. The van der Waals surface area contributed by atoms with E-state index >= 15 is 0 Å². The summed E-state index contributed by atoms with van der Waals surface area (Å²) in [4.78, 5) is 10.00. The lowest BCUT2D eigenvalue weighted by molar-refractivity contribution is 0.423. The molecule has 59 heavy (non-hydrogen) atoms. The molecule has 5 heterocycles. The molecule has 0 amide bonds. The zero-order valence-corrected chi connectivity index (χ0v) is 33.7. The molecule has 0 spiro atoms. The Morgan fingerprint density at radius 1 is 0.525 bits per heavy atom. The first-order valence-corrected chi connectivity index (χ1v) is 22.2. The number of pyridine rings is 2. The number of hydrogen-bond acceptors (Lipinski definition) is 3. The highest BCUT2D eigenvalue weighted by Gasteiger charge is 2.48. The first-order chi connectivity index (χ1) is 29.0. The van der Waals surface area contributed by atoms with Gasteiger partial charge in [-0.15, -0.1) is 0 Å². The van der Waals surface area contributed by atoms with E-state index in [2.05, 4.69) is 199 Å². The molecule has 4 aromatic heterocycles. The van der Waals surface area contributed by atoms with Crippen LogP contribution < -0.4 is 25.5 Å². The number of para-hydroxylation sites is 3. The van der Waals surface area contributed by atoms with Crippen molar-refractivity contribution < 1.29 is 4.74 Å². The fourth-order valence-corrected chi connectivity index (χ4v) is 15.2. The highest BCUT2D eigenvalue weighted by atomic mass is 28.3. The Kier molecular flexibility index (Phi) is 7.23. The molecule has 1 aliphatic rings. The number of imidazole rings is 1. The number of aromatic nitrogens is 4. The largest absolute Gasteiger partial charge is 0.457 e. The molecular formula is C53H38N4OSi. The average molecular weight is 775 g/mol. The number of rotatable bonds is 5. The fraction of sp³-hybridized carbons (Fsp3) is 0.0566. The Bertz CT molecular complexity index is 3410. The maximum Gasteiger partial charge on any atom is 0.184 e. The maximum absolute atomic E-state index is 7.48. The smallest absolute Gasteiger partial charge is 0.184 e. The van der Waals surface area contributed by atoms with Crippen LogP contribution in [0.5, 0.6) is 11.5 Å². The van der Waals surface area contributed by atoms with Crippen LogP contribution in [-0.4, -0.2) is 27.0 Å². The van der Waals surface area contributed by atoms with E-state index in [9.17, 15) is 0 Å². The van der Waals surface area contributed by atoms with Crippen LogP contribution in [0.15, 0.2) is 195 Å².